The number of aliphatic imine (C=N–C) groups is 1. The maximum absolute atomic E-state index is 13.6. The molecule has 0 bridgehead atoms. The van der Waals surface area contributed by atoms with Gasteiger partial charge in [0.1, 0.15) is 6.04 Å². The van der Waals surface area contributed by atoms with Gasteiger partial charge in [0.15, 0.2) is 5.78 Å². The first-order valence-electron chi connectivity index (χ1n) is 11.7. The summed E-state index contributed by atoms with van der Waals surface area (Å²) in [6, 6.07) is 15.8. The predicted octanol–water partition coefficient (Wildman–Crippen LogP) is 6.46. The van der Waals surface area contributed by atoms with Crippen molar-refractivity contribution in [3.63, 3.8) is 0 Å². The van der Waals surface area contributed by atoms with Crippen molar-refractivity contribution in [2.45, 2.75) is 44.9 Å². The van der Waals surface area contributed by atoms with Crippen LogP contribution in [0.1, 0.15) is 41.7 Å². The number of Topliss-reactive ketones (excluding diaryl/α,β-unsaturated/α-hetero) is 1. The summed E-state index contributed by atoms with van der Waals surface area (Å²) in [7, 11) is 0. The second-order valence-corrected chi connectivity index (χ2v) is 9.56. The summed E-state index contributed by atoms with van der Waals surface area (Å²) in [4.78, 5) is 29.9. The minimum Gasteiger partial charge on any atom is -0.336 e. The minimum atomic E-state index is -4.54. The number of carbonyl (C=O) groups is 2. The highest BCUT2D eigenvalue weighted by Crippen LogP contribution is 2.33. The Morgan fingerprint density at radius 2 is 1.78 bits per heavy atom. The number of urea groups is 1. The van der Waals surface area contributed by atoms with Crippen molar-refractivity contribution in [1.82, 2.24) is 5.32 Å². The fraction of sp³-hybridized carbons (Fsp3) is 0.250. The number of anilines is 1. The van der Waals surface area contributed by atoms with Crippen molar-refractivity contribution in [3.05, 3.63) is 99.6 Å². The summed E-state index contributed by atoms with van der Waals surface area (Å²) >= 11 is 6.26. The lowest BCUT2D eigenvalue weighted by atomic mass is 9.94. The van der Waals surface area contributed by atoms with Gasteiger partial charge in [-0.3, -0.25) is 9.79 Å². The van der Waals surface area contributed by atoms with Crippen molar-refractivity contribution in [1.29, 1.82) is 0 Å². The highest BCUT2D eigenvalue weighted by molar-refractivity contribution is 6.31. The molecular weight excluding hydrogens is 503 g/mol. The summed E-state index contributed by atoms with van der Waals surface area (Å²) in [6.45, 7) is 3.69. The molecule has 0 aliphatic carbocycles. The number of hydrogen-bond acceptors (Lipinski definition) is 3. The third kappa shape index (κ3) is 6.38. The zero-order valence-corrected chi connectivity index (χ0v) is 21.0. The molecule has 0 radical (unpaired) electrons. The molecule has 9 heteroatoms. The van der Waals surface area contributed by atoms with E-state index >= 15 is 0 Å². The van der Waals surface area contributed by atoms with Gasteiger partial charge in [0, 0.05) is 40.7 Å². The first kappa shape index (κ1) is 26.4. The van der Waals surface area contributed by atoms with Crippen LogP contribution in [0.3, 0.4) is 0 Å². The number of fused-ring (bicyclic) bond motifs is 1. The number of amides is 2. The van der Waals surface area contributed by atoms with Gasteiger partial charge in [-0.25, -0.2) is 4.79 Å². The Bertz CT molecular complexity index is 1350. The standard InChI is InChI=1S/C28H25ClF3N3O2/c1-16(2)33-27(37)34-21-11-8-17(9-12-21)26-22-15-20(29)10-7-18(22)14-25(36)24(35-26)13-19-5-3-4-6-23(19)28(30,31)32/h3-12,15-16,24H,13-14H2,1-2H3,(H2,33,34,37). The van der Waals surface area contributed by atoms with Crippen LogP contribution in [-0.2, 0) is 23.8 Å². The Hall–Kier alpha value is -3.65. The molecule has 0 saturated heterocycles. The van der Waals surface area contributed by atoms with Crippen LogP contribution in [-0.4, -0.2) is 29.6 Å². The monoisotopic (exact) mass is 527 g/mol. The second-order valence-electron chi connectivity index (χ2n) is 9.13. The largest absolute Gasteiger partial charge is 0.416 e. The summed E-state index contributed by atoms with van der Waals surface area (Å²) in [5.74, 6) is -0.279. The molecular formula is C28H25ClF3N3O2. The van der Waals surface area contributed by atoms with Gasteiger partial charge in [-0.05, 0) is 55.3 Å². The summed E-state index contributed by atoms with van der Waals surface area (Å²) in [6.07, 6.45) is -4.71. The molecule has 0 saturated carbocycles. The maximum atomic E-state index is 13.6. The molecule has 1 aliphatic heterocycles. The van der Waals surface area contributed by atoms with Gasteiger partial charge in [0.2, 0.25) is 0 Å². The number of benzene rings is 3. The molecule has 37 heavy (non-hydrogen) atoms. The normalized spacial score (nSPS) is 15.6. The molecule has 0 fully saturated rings. The minimum absolute atomic E-state index is 0.0103. The Labute approximate surface area is 217 Å². The van der Waals surface area contributed by atoms with E-state index in [2.05, 4.69) is 10.6 Å². The molecule has 1 aliphatic rings. The molecule has 3 aromatic rings. The Morgan fingerprint density at radius 1 is 1.08 bits per heavy atom. The predicted molar refractivity (Wildman–Crippen MR) is 138 cm³/mol. The van der Waals surface area contributed by atoms with Crippen molar-refractivity contribution in [3.8, 4) is 0 Å². The van der Waals surface area contributed by atoms with Gasteiger partial charge >= 0.3 is 12.2 Å². The lowest BCUT2D eigenvalue weighted by Crippen LogP contribution is -2.34. The highest BCUT2D eigenvalue weighted by atomic mass is 35.5. The molecule has 0 spiro atoms. The van der Waals surface area contributed by atoms with Crippen LogP contribution >= 0.6 is 11.6 Å². The number of hydrogen-bond donors (Lipinski definition) is 2. The molecule has 5 nitrogen and oxygen atoms in total. The third-order valence-corrected chi connectivity index (χ3v) is 6.16. The van der Waals surface area contributed by atoms with Crippen molar-refractivity contribution < 1.29 is 22.8 Å². The van der Waals surface area contributed by atoms with Gasteiger partial charge < -0.3 is 10.6 Å². The van der Waals surface area contributed by atoms with Crippen LogP contribution in [0.25, 0.3) is 0 Å². The fourth-order valence-electron chi connectivity index (χ4n) is 4.24. The van der Waals surface area contributed by atoms with Gasteiger partial charge in [-0.2, -0.15) is 13.2 Å². The molecule has 2 amide bonds. The molecule has 1 unspecified atom stereocenters. The number of ketones is 1. The quantitative estimate of drug-likeness (QED) is 0.399. The molecule has 4 rings (SSSR count). The molecule has 1 atom stereocenters. The number of nitrogens with one attached hydrogen (secondary N) is 2. The topological polar surface area (TPSA) is 70.6 Å². The van der Waals surface area contributed by atoms with E-state index < -0.39 is 17.8 Å². The fourth-order valence-corrected chi connectivity index (χ4v) is 4.41. The van der Waals surface area contributed by atoms with Crippen LogP contribution < -0.4 is 10.6 Å². The van der Waals surface area contributed by atoms with Crippen LogP contribution in [0.4, 0.5) is 23.7 Å². The van der Waals surface area contributed by atoms with Crippen molar-refractivity contribution in [2.24, 2.45) is 4.99 Å². The summed E-state index contributed by atoms with van der Waals surface area (Å²) < 4.78 is 40.8. The van der Waals surface area contributed by atoms with Crippen LogP contribution in [0.2, 0.25) is 5.02 Å². The van der Waals surface area contributed by atoms with E-state index in [1.54, 1.807) is 42.5 Å². The van der Waals surface area contributed by atoms with Crippen molar-refractivity contribution in [2.75, 3.05) is 5.32 Å². The van der Waals surface area contributed by atoms with Crippen LogP contribution in [0.15, 0.2) is 71.7 Å². The smallest absolute Gasteiger partial charge is 0.336 e. The van der Waals surface area contributed by atoms with Crippen molar-refractivity contribution >= 4 is 34.8 Å². The molecule has 2 N–H and O–H groups in total. The van der Waals surface area contributed by atoms with Gasteiger partial charge in [-0.15, -0.1) is 0 Å². The first-order valence-corrected chi connectivity index (χ1v) is 12.1. The summed E-state index contributed by atoms with van der Waals surface area (Å²) in [5.41, 5.74) is 2.21. The molecule has 192 valence electrons. The van der Waals surface area contributed by atoms with Crippen LogP contribution in [0.5, 0.6) is 0 Å². The van der Waals surface area contributed by atoms with Gasteiger partial charge in [-0.1, -0.05) is 48.0 Å². The van der Waals surface area contributed by atoms with Crippen LogP contribution in [0, 0.1) is 0 Å². The average molecular weight is 528 g/mol. The molecule has 0 aromatic heterocycles. The Morgan fingerprint density at radius 3 is 2.46 bits per heavy atom. The third-order valence-electron chi connectivity index (χ3n) is 5.92. The van der Waals surface area contributed by atoms with E-state index in [4.69, 9.17) is 16.6 Å². The SMILES string of the molecule is CC(C)NC(=O)Nc1ccc(C2=NC(Cc3ccccc3C(F)(F)F)C(=O)Cc3ccc(Cl)cc32)cc1. The van der Waals surface area contributed by atoms with E-state index in [1.165, 1.54) is 18.2 Å². The Kier molecular flexibility index (Phi) is 7.68. The summed E-state index contributed by atoms with van der Waals surface area (Å²) in [5, 5.41) is 5.93. The number of carbonyl (C=O) groups excluding carboxylic acids is 2. The highest BCUT2D eigenvalue weighted by Gasteiger charge is 2.35. The maximum Gasteiger partial charge on any atom is 0.416 e. The van der Waals surface area contributed by atoms with E-state index in [1.807, 2.05) is 13.8 Å². The van der Waals surface area contributed by atoms with E-state index in [0.29, 0.717) is 33.1 Å². The van der Waals surface area contributed by atoms with Gasteiger partial charge in [0.25, 0.3) is 0 Å². The second kappa shape index (κ2) is 10.8. The van der Waals surface area contributed by atoms with E-state index in [0.717, 1.165) is 6.07 Å². The molecule has 3 aromatic carbocycles. The zero-order chi connectivity index (χ0) is 26.7. The Balaban J connectivity index is 1.73. The number of nitrogens with zero attached hydrogens (tertiary/aromatic N) is 1. The molecule has 1 heterocycles. The van der Waals surface area contributed by atoms with Gasteiger partial charge in [0.05, 0.1) is 11.3 Å². The van der Waals surface area contributed by atoms with E-state index in [-0.39, 0.29) is 36.3 Å². The zero-order valence-electron chi connectivity index (χ0n) is 20.2. The first-order chi connectivity index (χ1) is 17.5. The number of alkyl halides is 3. The lowest BCUT2D eigenvalue weighted by molar-refractivity contribution is -0.138. The van der Waals surface area contributed by atoms with E-state index in [9.17, 15) is 22.8 Å². The average Bonchev–Trinajstić information content (AvgIpc) is 2.95. The number of halogens is 4. The lowest BCUT2D eigenvalue weighted by Gasteiger charge is -2.16. The number of rotatable bonds is 5.